The Labute approximate surface area is 139 Å². The second kappa shape index (κ2) is 5.98. The van der Waals surface area contributed by atoms with Gasteiger partial charge in [0.2, 0.25) is 0 Å². The van der Waals surface area contributed by atoms with Gasteiger partial charge in [-0.2, -0.15) is 0 Å². The molecule has 4 heterocycles. The Bertz CT molecular complexity index is 1170. The van der Waals surface area contributed by atoms with Crippen LogP contribution in [0.3, 0.4) is 0 Å². The summed E-state index contributed by atoms with van der Waals surface area (Å²) in [6.45, 7) is 3.56. The van der Waals surface area contributed by atoms with E-state index in [1.807, 2.05) is 0 Å². The van der Waals surface area contributed by atoms with Crippen LogP contribution in [-0.4, -0.2) is 29.9 Å². The van der Waals surface area contributed by atoms with Crippen molar-refractivity contribution in [1.29, 1.82) is 0 Å². The van der Waals surface area contributed by atoms with Crippen LogP contribution in [0.5, 0.6) is 0 Å². The van der Waals surface area contributed by atoms with Crippen molar-refractivity contribution < 1.29 is 0 Å². The minimum absolute atomic E-state index is 0.303. The van der Waals surface area contributed by atoms with Crippen LogP contribution in [0, 0.1) is 13.8 Å². The summed E-state index contributed by atoms with van der Waals surface area (Å²) in [6.07, 6.45) is 0. The molecule has 0 unspecified atom stereocenters. The van der Waals surface area contributed by atoms with Gasteiger partial charge in [0.05, 0.1) is 10.0 Å². The molecule has 0 amide bonds. The molecule has 0 radical (unpaired) electrons. The molecule has 12 heteroatoms. The summed E-state index contributed by atoms with van der Waals surface area (Å²) < 4.78 is 0.465. The van der Waals surface area contributed by atoms with E-state index in [1.165, 1.54) is 22.7 Å². The van der Waals surface area contributed by atoms with Crippen LogP contribution in [0.1, 0.15) is 10.0 Å². The van der Waals surface area contributed by atoms with Gasteiger partial charge >= 0.3 is 11.4 Å². The Kier molecular flexibility index (Phi) is 3.99. The van der Waals surface area contributed by atoms with Gasteiger partial charge in [0.25, 0.3) is 11.1 Å². The molecular formula is C12H10N6O4S2. The molecule has 4 aromatic rings. The fourth-order valence-electron chi connectivity index (χ4n) is 1.93. The number of hydrogen-bond donors (Lipinski definition) is 4. The van der Waals surface area contributed by atoms with E-state index in [9.17, 15) is 19.2 Å². The Balaban J connectivity index is 0.000000141. The van der Waals surface area contributed by atoms with E-state index in [0.29, 0.717) is 20.7 Å². The number of aromatic amines is 4. The molecule has 4 N–H and O–H groups in total. The van der Waals surface area contributed by atoms with Gasteiger partial charge < -0.3 is 0 Å². The lowest BCUT2D eigenvalue weighted by Crippen LogP contribution is -2.21. The minimum atomic E-state index is -0.516. The smallest absolute Gasteiger partial charge is 0.297 e. The molecule has 0 spiro atoms. The third-order valence-electron chi connectivity index (χ3n) is 2.80. The van der Waals surface area contributed by atoms with E-state index in [2.05, 4.69) is 29.9 Å². The second-order valence-corrected chi connectivity index (χ2v) is 7.04. The molecule has 0 aliphatic heterocycles. The summed E-state index contributed by atoms with van der Waals surface area (Å²) in [5.74, 6) is 0. The highest BCUT2D eigenvalue weighted by atomic mass is 32.1. The predicted octanol–water partition coefficient (Wildman–Crippen LogP) is -0.0374. The molecule has 0 fully saturated rings. The average Bonchev–Trinajstić information content (AvgIpc) is 3.01. The van der Waals surface area contributed by atoms with E-state index < -0.39 is 16.9 Å². The first-order valence-corrected chi connectivity index (χ1v) is 8.16. The number of aryl methyl sites for hydroxylation is 2. The molecular weight excluding hydrogens is 356 g/mol. The van der Waals surface area contributed by atoms with Crippen molar-refractivity contribution in [3.05, 3.63) is 51.7 Å². The Morgan fingerprint density at radius 1 is 0.750 bits per heavy atom. The molecule has 0 saturated heterocycles. The van der Waals surface area contributed by atoms with Gasteiger partial charge in [0.15, 0.2) is 11.2 Å². The molecule has 4 aromatic heterocycles. The normalized spacial score (nSPS) is 10.8. The summed E-state index contributed by atoms with van der Waals surface area (Å²) >= 11 is 2.56. The highest BCUT2D eigenvalue weighted by Crippen LogP contribution is 2.14. The number of aromatic nitrogens is 6. The Hall–Kier alpha value is -2.86. The quantitative estimate of drug-likeness (QED) is 0.342. The van der Waals surface area contributed by atoms with Gasteiger partial charge in [-0.3, -0.25) is 29.5 Å². The second-order valence-electron chi connectivity index (χ2n) is 4.64. The van der Waals surface area contributed by atoms with Crippen LogP contribution in [0.4, 0.5) is 0 Å². The largest absolute Gasteiger partial charge is 0.327 e. The lowest BCUT2D eigenvalue weighted by atomic mass is 10.6. The molecule has 0 atom stereocenters. The molecule has 0 saturated carbocycles. The molecule has 0 aromatic carbocycles. The Morgan fingerprint density at radius 2 is 1.38 bits per heavy atom. The van der Waals surface area contributed by atoms with Crippen molar-refractivity contribution in [2.45, 2.75) is 13.8 Å². The monoisotopic (exact) mass is 366 g/mol. The summed E-state index contributed by atoms with van der Waals surface area (Å²) in [5, 5.41) is 1.52. The fourth-order valence-corrected chi connectivity index (χ4v) is 3.51. The number of thiazole rings is 2. The fraction of sp³-hybridized carbons (Fsp3) is 0.167. The maximum atomic E-state index is 11.1. The SMILES string of the molecule is Cc1nc2[nH]c(=O)[nH]c(=O)c2s1.Cc1nc2c(=O)[nH]c(=O)[nH]c2s1. The number of hydrogen-bond acceptors (Lipinski definition) is 8. The third-order valence-corrected chi connectivity index (χ3v) is 4.66. The number of H-pyrrole nitrogens is 4. The third kappa shape index (κ3) is 3.09. The molecule has 10 nitrogen and oxygen atoms in total. The van der Waals surface area contributed by atoms with Gasteiger partial charge in [-0.1, -0.05) is 0 Å². The van der Waals surface area contributed by atoms with Gasteiger partial charge in [-0.15, -0.1) is 22.7 Å². The predicted molar refractivity (Wildman–Crippen MR) is 91.2 cm³/mol. The van der Waals surface area contributed by atoms with Crippen LogP contribution >= 0.6 is 22.7 Å². The summed E-state index contributed by atoms with van der Waals surface area (Å²) in [4.78, 5) is 61.4. The highest BCUT2D eigenvalue weighted by molar-refractivity contribution is 7.18. The van der Waals surface area contributed by atoms with E-state index in [4.69, 9.17) is 0 Å². The number of nitrogens with zero attached hydrogens (tertiary/aromatic N) is 2. The van der Waals surface area contributed by atoms with Gasteiger partial charge in [0.1, 0.15) is 9.53 Å². The van der Waals surface area contributed by atoms with E-state index in [1.54, 1.807) is 13.8 Å². The lowest BCUT2D eigenvalue weighted by molar-refractivity contribution is 1.07. The van der Waals surface area contributed by atoms with Gasteiger partial charge in [-0.05, 0) is 13.8 Å². The maximum absolute atomic E-state index is 11.1. The first kappa shape index (κ1) is 16.0. The van der Waals surface area contributed by atoms with Crippen molar-refractivity contribution in [2.75, 3.05) is 0 Å². The summed E-state index contributed by atoms with van der Waals surface area (Å²) in [5.41, 5.74) is -1.14. The molecule has 124 valence electrons. The Morgan fingerprint density at radius 3 is 2.12 bits per heavy atom. The number of nitrogens with one attached hydrogen (secondary N) is 4. The van der Waals surface area contributed by atoms with Crippen molar-refractivity contribution in [3.8, 4) is 0 Å². The van der Waals surface area contributed by atoms with Crippen LogP contribution in [0.25, 0.3) is 20.7 Å². The topological polar surface area (TPSA) is 157 Å². The van der Waals surface area contributed by atoms with Crippen molar-refractivity contribution in [3.63, 3.8) is 0 Å². The van der Waals surface area contributed by atoms with Crippen molar-refractivity contribution in [1.82, 2.24) is 29.9 Å². The van der Waals surface area contributed by atoms with Crippen LogP contribution < -0.4 is 22.5 Å². The van der Waals surface area contributed by atoms with Crippen LogP contribution in [0.15, 0.2) is 19.2 Å². The van der Waals surface area contributed by atoms with E-state index >= 15 is 0 Å². The summed E-state index contributed by atoms with van der Waals surface area (Å²) in [7, 11) is 0. The number of rotatable bonds is 0. The maximum Gasteiger partial charge on any atom is 0.327 e. The zero-order valence-electron chi connectivity index (χ0n) is 12.3. The van der Waals surface area contributed by atoms with Crippen LogP contribution in [0.2, 0.25) is 0 Å². The standard InChI is InChI=1S/2C6H5N3O2S/c1-2-7-4-3(12-2)5(10)9-6(11)8-4;1-2-7-3-4(10)8-6(11)9-5(3)12-2/h2*1H3,(H2,8,9,10,11). The highest BCUT2D eigenvalue weighted by Gasteiger charge is 2.05. The first-order valence-electron chi connectivity index (χ1n) is 6.53. The molecule has 4 rings (SSSR count). The zero-order chi connectivity index (χ0) is 17.4. The molecule has 0 aliphatic carbocycles. The molecule has 0 aliphatic rings. The van der Waals surface area contributed by atoms with Gasteiger partial charge in [-0.25, -0.2) is 19.6 Å². The van der Waals surface area contributed by atoms with E-state index in [-0.39, 0.29) is 5.56 Å². The molecule has 0 bridgehead atoms. The van der Waals surface area contributed by atoms with Crippen LogP contribution in [-0.2, 0) is 0 Å². The van der Waals surface area contributed by atoms with Gasteiger partial charge in [0, 0.05) is 0 Å². The van der Waals surface area contributed by atoms with Crippen molar-refractivity contribution in [2.24, 2.45) is 0 Å². The lowest BCUT2D eigenvalue weighted by Gasteiger charge is -1.83. The number of fused-ring (bicyclic) bond motifs is 2. The summed E-state index contributed by atoms with van der Waals surface area (Å²) in [6, 6.07) is 0. The van der Waals surface area contributed by atoms with Crippen molar-refractivity contribution >= 4 is 43.4 Å². The zero-order valence-corrected chi connectivity index (χ0v) is 14.0. The van der Waals surface area contributed by atoms with E-state index in [0.717, 1.165) is 10.0 Å². The first-order chi connectivity index (χ1) is 11.3. The molecule has 24 heavy (non-hydrogen) atoms. The average molecular weight is 366 g/mol. The minimum Gasteiger partial charge on any atom is -0.297 e.